The standard InChI is InChI=1S/C12H11NO4.C5H11NO2S/c1-6-8-3-2-7(13)4-10(8)17-12(16)9(6)5-11(14)15;1-9-3-2-4(6)5(7)8/h2-4H,5,13H2,1H3,(H,14,15);4H,2-3,6H2,1H3,(H,7,8)/t;4-/m.0/s1. The average Bonchev–Trinajstić information content (AvgIpc) is 2.56. The highest BCUT2D eigenvalue weighted by molar-refractivity contribution is 7.98. The van der Waals surface area contributed by atoms with Gasteiger partial charge in [-0.3, -0.25) is 9.59 Å². The van der Waals surface area contributed by atoms with Crippen LogP contribution in [0.2, 0.25) is 0 Å². The zero-order valence-electron chi connectivity index (χ0n) is 14.5. The lowest BCUT2D eigenvalue weighted by Crippen LogP contribution is -2.30. The van der Waals surface area contributed by atoms with Crippen molar-refractivity contribution in [2.45, 2.75) is 25.8 Å². The highest BCUT2D eigenvalue weighted by Gasteiger charge is 2.14. The van der Waals surface area contributed by atoms with E-state index in [1.165, 1.54) is 0 Å². The van der Waals surface area contributed by atoms with Gasteiger partial charge in [0.15, 0.2) is 0 Å². The lowest BCUT2D eigenvalue weighted by atomic mass is 10.0. The molecule has 2 aromatic rings. The lowest BCUT2D eigenvalue weighted by Gasteiger charge is -2.06. The third-order valence-corrected chi connectivity index (χ3v) is 4.23. The van der Waals surface area contributed by atoms with E-state index in [0.717, 1.165) is 5.75 Å². The molecule has 0 bridgehead atoms. The van der Waals surface area contributed by atoms with Gasteiger partial charge < -0.3 is 26.1 Å². The van der Waals surface area contributed by atoms with E-state index in [0.29, 0.717) is 28.6 Å². The van der Waals surface area contributed by atoms with Gasteiger partial charge in [0.25, 0.3) is 0 Å². The minimum absolute atomic E-state index is 0.176. The molecule has 0 amide bonds. The molecule has 9 heteroatoms. The normalized spacial score (nSPS) is 11.5. The van der Waals surface area contributed by atoms with Crippen molar-refractivity contribution in [1.82, 2.24) is 0 Å². The van der Waals surface area contributed by atoms with Crippen LogP contribution in [0.5, 0.6) is 0 Å². The molecule has 1 atom stereocenters. The number of benzene rings is 1. The summed E-state index contributed by atoms with van der Waals surface area (Å²) >= 11 is 1.60. The Hall–Kier alpha value is -2.52. The van der Waals surface area contributed by atoms with Crippen molar-refractivity contribution in [3.8, 4) is 0 Å². The molecular formula is C17H22N2O6S. The fourth-order valence-electron chi connectivity index (χ4n) is 2.13. The number of carboxylic acids is 2. The van der Waals surface area contributed by atoms with Crippen LogP contribution in [0.3, 0.4) is 0 Å². The van der Waals surface area contributed by atoms with Crippen molar-refractivity contribution in [2.24, 2.45) is 5.73 Å². The molecule has 1 aromatic heterocycles. The molecule has 0 unspecified atom stereocenters. The minimum Gasteiger partial charge on any atom is -0.481 e. The van der Waals surface area contributed by atoms with Gasteiger partial charge in [-0.25, -0.2) is 4.79 Å². The highest BCUT2D eigenvalue weighted by Crippen LogP contribution is 2.21. The molecule has 0 spiro atoms. The van der Waals surface area contributed by atoms with Gasteiger partial charge in [0.05, 0.1) is 12.0 Å². The first-order valence-corrected chi connectivity index (χ1v) is 9.07. The Bertz CT molecular complexity index is 849. The smallest absolute Gasteiger partial charge is 0.340 e. The molecule has 2 rings (SSSR count). The second kappa shape index (κ2) is 9.83. The Morgan fingerprint density at radius 1 is 1.31 bits per heavy atom. The molecule has 8 nitrogen and oxygen atoms in total. The van der Waals surface area contributed by atoms with E-state index in [1.54, 1.807) is 36.9 Å². The molecule has 0 aliphatic rings. The first-order valence-electron chi connectivity index (χ1n) is 7.68. The number of aryl methyl sites for hydroxylation is 1. The van der Waals surface area contributed by atoms with Gasteiger partial charge in [-0.1, -0.05) is 0 Å². The fourth-order valence-corrected chi connectivity index (χ4v) is 2.62. The summed E-state index contributed by atoms with van der Waals surface area (Å²) in [5.74, 6) is -1.16. The largest absolute Gasteiger partial charge is 0.481 e. The summed E-state index contributed by atoms with van der Waals surface area (Å²) in [5.41, 5.74) is 11.8. The number of thioether (sulfide) groups is 1. The zero-order valence-corrected chi connectivity index (χ0v) is 15.3. The molecule has 0 fully saturated rings. The summed E-state index contributed by atoms with van der Waals surface area (Å²) in [6.45, 7) is 1.70. The summed E-state index contributed by atoms with van der Waals surface area (Å²) in [6, 6.07) is 4.26. The van der Waals surface area contributed by atoms with E-state index in [2.05, 4.69) is 0 Å². The van der Waals surface area contributed by atoms with E-state index in [-0.39, 0.29) is 12.0 Å². The number of nitrogen functional groups attached to an aromatic ring is 1. The van der Waals surface area contributed by atoms with E-state index >= 15 is 0 Å². The predicted molar refractivity (Wildman–Crippen MR) is 102 cm³/mol. The third kappa shape index (κ3) is 6.08. The Morgan fingerprint density at radius 2 is 1.96 bits per heavy atom. The Balaban J connectivity index is 0.000000321. The fraction of sp³-hybridized carbons (Fsp3) is 0.353. The number of anilines is 1. The maximum atomic E-state index is 11.6. The molecule has 1 aromatic carbocycles. The third-order valence-electron chi connectivity index (χ3n) is 3.59. The van der Waals surface area contributed by atoms with Crippen molar-refractivity contribution in [3.63, 3.8) is 0 Å². The summed E-state index contributed by atoms with van der Waals surface area (Å²) in [4.78, 5) is 32.4. The summed E-state index contributed by atoms with van der Waals surface area (Å²) in [6.07, 6.45) is 2.14. The molecule has 1 heterocycles. The van der Waals surface area contributed by atoms with Gasteiger partial charge in [-0.15, -0.1) is 0 Å². The molecule has 26 heavy (non-hydrogen) atoms. The monoisotopic (exact) mass is 382 g/mol. The number of hydrogen-bond donors (Lipinski definition) is 4. The number of rotatable bonds is 6. The number of carbonyl (C=O) groups is 2. The van der Waals surface area contributed by atoms with E-state index < -0.39 is 23.6 Å². The highest BCUT2D eigenvalue weighted by atomic mass is 32.2. The van der Waals surface area contributed by atoms with Crippen molar-refractivity contribution < 1.29 is 24.2 Å². The second-order valence-electron chi connectivity index (χ2n) is 5.55. The van der Waals surface area contributed by atoms with Gasteiger partial charge in [-0.05, 0) is 43.0 Å². The van der Waals surface area contributed by atoms with Crippen LogP contribution in [0, 0.1) is 6.92 Å². The van der Waals surface area contributed by atoms with Crippen LogP contribution in [0.4, 0.5) is 5.69 Å². The van der Waals surface area contributed by atoms with Crippen LogP contribution in [0.15, 0.2) is 27.4 Å². The summed E-state index contributed by atoms with van der Waals surface area (Å²) in [7, 11) is 0. The molecular weight excluding hydrogens is 360 g/mol. The van der Waals surface area contributed by atoms with Crippen LogP contribution >= 0.6 is 11.8 Å². The molecule has 0 saturated carbocycles. The molecule has 0 aliphatic carbocycles. The number of aliphatic carboxylic acids is 2. The van der Waals surface area contributed by atoms with Gasteiger partial charge in [-0.2, -0.15) is 11.8 Å². The van der Waals surface area contributed by atoms with Crippen molar-refractivity contribution in [3.05, 3.63) is 39.7 Å². The first kappa shape index (κ1) is 21.5. The molecule has 0 aliphatic heterocycles. The quantitative estimate of drug-likeness (QED) is 0.429. The topological polar surface area (TPSA) is 157 Å². The van der Waals surface area contributed by atoms with Crippen LogP contribution in [-0.4, -0.2) is 40.2 Å². The van der Waals surface area contributed by atoms with E-state index in [9.17, 15) is 14.4 Å². The van der Waals surface area contributed by atoms with Gasteiger partial charge in [0.2, 0.25) is 0 Å². The second-order valence-corrected chi connectivity index (χ2v) is 6.53. The summed E-state index contributed by atoms with van der Waals surface area (Å²) in [5, 5.41) is 17.7. The minimum atomic E-state index is -1.06. The van der Waals surface area contributed by atoms with Crippen LogP contribution < -0.4 is 17.1 Å². The van der Waals surface area contributed by atoms with Gasteiger partial charge >= 0.3 is 17.6 Å². The number of nitrogens with two attached hydrogens (primary N) is 2. The molecule has 142 valence electrons. The molecule has 0 saturated heterocycles. The number of hydrogen-bond acceptors (Lipinski definition) is 7. The Labute approximate surface area is 154 Å². The van der Waals surface area contributed by atoms with Crippen LogP contribution in [0.25, 0.3) is 11.0 Å². The van der Waals surface area contributed by atoms with Crippen LogP contribution in [-0.2, 0) is 16.0 Å². The maximum absolute atomic E-state index is 11.6. The summed E-state index contributed by atoms with van der Waals surface area (Å²) < 4.78 is 5.06. The maximum Gasteiger partial charge on any atom is 0.340 e. The molecule has 0 radical (unpaired) electrons. The van der Waals surface area contributed by atoms with Crippen molar-refractivity contribution >= 4 is 40.4 Å². The zero-order chi connectivity index (χ0) is 19.9. The molecule has 6 N–H and O–H groups in total. The van der Waals surface area contributed by atoms with Crippen LogP contribution in [0.1, 0.15) is 17.5 Å². The Kier molecular flexibility index (Phi) is 8.14. The average molecular weight is 382 g/mol. The Morgan fingerprint density at radius 3 is 2.50 bits per heavy atom. The SMILES string of the molecule is CSCC[C@H](N)C(=O)O.Cc1c(CC(=O)O)c(=O)oc2cc(N)ccc12. The first-order chi connectivity index (χ1) is 12.2. The predicted octanol–water partition coefficient (Wildman–Crippen LogP) is 1.46. The number of fused-ring (bicyclic) bond motifs is 1. The van der Waals surface area contributed by atoms with Crippen molar-refractivity contribution in [1.29, 1.82) is 0 Å². The number of carboxylic acid groups (broad SMARTS) is 2. The lowest BCUT2D eigenvalue weighted by molar-refractivity contribution is -0.138. The van der Waals surface area contributed by atoms with Gasteiger partial charge in [0, 0.05) is 17.1 Å². The van der Waals surface area contributed by atoms with E-state index in [4.69, 9.17) is 26.1 Å². The van der Waals surface area contributed by atoms with E-state index in [1.807, 2.05) is 6.26 Å². The van der Waals surface area contributed by atoms with Crippen molar-refractivity contribution in [2.75, 3.05) is 17.7 Å². The van der Waals surface area contributed by atoms with Gasteiger partial charge in [0.1, 0.15) is 11.6 Å².